The summed E-state index contributed by atoms with van der Waals surface area (Å²) in [4.78, 5) is 12.3. The number of thioether (sulfide) groups is 1. The molecule has 134 valence electrons. The van der Waals surface area contributed by atoms with Crippen LogP contribution in [0.1, 0.15) is 83.1 Å². The molecule has 0 spiro atoms. The van der Waals surface area contributed by atoms with Crippen LogP contribution >= 0.6 is 11.8 Å². The zero-order valence-corrected chi connectivity index (χ0v) is 15.3. The molecule has 1 N–H and O–H groups in total. The molecule has 0 radical (unpaired) electrons. The summed E-state index contributed by atoms with van der Waals surface area (Å²) in [5.41, 5.74) is 0. The highest BCUT2D eigenvalue weighted by molar-refractivity contribution is 7.99. The van der Waals surface area contributed by atoms with Crippen LogP contribution in [-0.2, 0) is 4.79 Å². The molecule has 0 saturated heterocycles. The van der Waals surface area contributed by atoms with Gasteiger partial charge in [0.25, 0.3) is 0 Å². The second-order valence-corrected chi connectivity index (χ2v) is 8.04. The van der Waals surface area contributed by atoms with Gasteiger partial charge in [-0.2, -0.15) is 0 Å². The summed E-state index contributed by atoms with van der Waals surface area (Å²) in [7, 11) is 0. The van der Waals surface area contributed by atoms with Crippen LogP contribution < -0.4 is 5.32 Å². The van der Waals surface area contributed by atoms with E-state index in [-0.39, 0.29) is 5.91 Å². The number of hydrogen-bond donors (Lipinski definition) is 1. The molecule has 0 atom stereocenters. The lowest BCUT2D eigenvalue weighted by Gasteiger charge is -2.22. The predicted molar refractivity (Wildman–Crippen MR) is 94.9 cm³/mol. The van der Waals surface area contributed by atoms with Crippen molar-refractivity contribution in [2.45, 2.75) is 94.3 Å². The van der Waals surface area contributed by atoms with E-state index in [0.29, 0.717) is 17.8 Å². The van der Waals surface area contributed by atoms with Crippen LogP contribution in [-0.4, -0.2) is 37.9 Å². The van der Waals surface area contributed by atoms with Crippen LogP contribution in [0.3, 0.4) is 0 Å². The second-order valence-electron chi connectivity index (χ2n) is 7.10. The highest BCUT2D eigenvalue weighted by Crippen LogP contribution is 2.30. The van der Waals surface area contributed by atoms with Gasteiger partial charge in [-0.25, -0.2) is 4.68 Å². The number of carbonyl (C=O) groups is 1. The first-order valence-corrected chi connectivity index (χ1v) is 10.5. The van der Waals surface area contributed by atoms with Gasteiger partial charge in [-0.1, -0.05) is 63.1 Å². The quantitative estimate of drug-likeness (QED) is 0.822. The molecule has 2 aliphatic rings. The summed E-state index contributed by atoms with van der Waals surface area (Å²) < 4.78 is 1.94. The summed E-state index contributed by atoms with van der Waals surface area (Å²) in [6, 6.07) is 0.762. The van der Waals surface area contributed by atoms with Crippen LogP contribution in [0.2, 0.25) is 0 Å². The number of nitrogens with zero attached hydrogens (tertiary/aromatic N) is 4. The maximum Gasteiger partial charge on any atom is 0.230 e. The SMILES string of the molecule is O=C(CSc1nnnn1C1CCCCC1)NC1CCCCCCC1. The largest absolute Gasteiger partial charge is 0.353 e. The van der Waals surface area contributed by atoms with Gasteiger partial charge >= 0.3 is 0 Å². The molecule has 7 heteroatoms. The molecule has 2 saturated carbocycles. The van der Waals surface area contributed by atoms with Gasteiger partial charge in [0.1, 0.15) is 0 Å². The van der Waals surface area contributed by atoms with Crippen LogP contribution in [0.5, 0.6) is 0 Å². The minimum atomic E-state index is 0.115. The van der Waals surface area contributed by atoms with Crippen molar-refractivity contribution < 1.29 is 4.79 Å². The first-order valence-electron chi connectivity index (χ1n) is 9.53. The Hall–Kier alpha value is -1.11. The van der Waals surface area contributed by atoms with Gasteiger partial charge in [-0.05, 0) is 36.1 Å². The van der Waals surface area contributed by atoms with Crippen molar-refractivity contribution in [3.8, 4) is 0 Å². The molecule has 0 aromatic carbocycles. The highest BCUT2D eigenvalue weighted by atomic mass is 32.2. The monoisotopic (exact) mass is 351 g/mol. The Labute approximate surface area is 148 Å². The summed E-state index contributed by atoms with van der Waals surface area (Å²) in [5, 5.41) is 16.1. The summed E-state index contributed by atoms with van der Waals surface area (Å²) in [6.45, 7) is 0. The zero-order valence-electron chi connectivity index (χ0n) is 14.5. The number of hydrogen-bond acceptors (Lipinski definition) is 5. The first-order chi connectivity index (χ1) is 11.8. The van der Waals surface area contributed by atoms with E-state index in [1.54, 1.807) is 0 Å². The number of carbonyl (C=O) groups excluding carboxylic acids is 1. The van der Waals surface area contributed by atoms with E-state index >= 15 is 0 Å². The Kier molecular flexibility index (Phi) is 6.93. The fourth-order valence-corrected chi connectivity index (χ4v) is 4.59. The smallest absolute Gasteiger partial charge is 0.230 e. The Morgan fingerprint density at radius 3 is 2.38 bits per heavy atom. The topological polar surface area (TPSA) is 72.7 Å². The van der Waals surface area contributed by atoms with Gasteiger partial charge in [-0.3, -0.25) is 4.79 Å². The normalized spacial score (nSPS) is 21.2. The van der Waals surface area contributed by atoms with Crippen LogP contribution in [0, 0.1) is 0 Å². The Balaban J connectivity index is 1.46. The minimum Gasteiger partial charge on any atom is -0.353 e. The van der Waals surface area contributed by atoms with Crippen molar-refractivity contribution in [3.63, 3.8) is 0 Å². The Morgan fingerprint density at radius 2 is 1.62 bits per heavy atom. The van der Waals surface area contributed by atoms with E-state index in [4.69, 9.17) is 0 Å². The van der Waals surface area contributed by atoms with Crippen LogP contribution in [0.15, 0.2) is 5.16 Å². The van der Waals surface area contributed by atoms with E-state index in [1.165, 1.54) is 63.1 Å². The molecule has 3 rings (SSSR count). The Bertz CT molecular complexity index is 507. The second kappa shape index (κ2) is 9.39. The maximum absolute atomic E-state index is 12.3. The molecular formula is C17H29N5OS. The van der Waals surface area contributed by atoms with Gasteiger partial charge < -0.3 is 5.32 Å². The molecule has 1 aromatic heterocycles. The molecule has 6 nitrogen and oxygen atoms in total. The van der Waals surface area contributed by atoms with E-state index in [2.05, 4.69) is 20.8 Å². The molecule has 0 aliphatic heterocycles. The molecule has 2 fully saturated rings. The third kappa shape index (κ3) is 5.19. The number of rotatable bonds is 5. The molecule has 0 bridgehead atoms. The minimum absolute atomic E-state index is 0.115. The number of nitrogens with one attached hydrogen (secondary N) is 1. The van der Waals surface area contributed by atoms with E-state index in [0.717, 1.165) is 30.8 Å². The molecule has 0 unspecified atom stereocenters. The number of tetrazole rings is 1. The fourth-order valence-electron chi connectivity index (χ4n) is 3.84. The molecule has 2 aliphatic carbocycles. The maximum atomic E-state index is 12.3. The molecule has 1 heterocycles. The van der Waals surface area contributed by atoms with Crippen molar-refractivity contribution in [2.24, 2.45) is 0 Å². The van der Waals surface area contributed by atoms with Gasteiger partial charge in [0.2, 0.25) is 11.1 Å². The number of aromatic nitrogens is 4. The Morgan fingerprint density at radius 1 is 1.00 bits per heavy atom. The van der Waals surface area contributed by atoms with Crippen LogP contribution in [0.25, 0.3) is 0 Å². The number of amides is 1. The van der Waals surface area contributed by atoms with Crippen molar-refractivity contribution in [2.75, 3.05) is 5.75 Å². The van der Waals surface area contributed by atoms with Gasteiger partial charge in [0.05, 0.1) is 11.8 Å². The van der Waals surface area contributed by atoms with Crippen LogP contribution in [0.4, 0.5) is 0 Å². The van der Waals surface area contributed by atoms with Crippen molar-refractivity contribution in [1.29, 1.82) is 0 Å². The lowest BCUT2D eigenvalue weighted by Crippen LogP contribution is -2.36. The molecule has 1 amide bonds. The highest BCUT2D eigenvalue weighted by Gasteiger charge is 2.21. The van der Waals surface area contributed by atoms with Crippen molar-refractivity contribution in [3.05, 3.63) is 0 Å². The summed E-state index contributed by atoms with van der Waals surface area (Å²) in [5.74, 6) is 0.521. The first kappa shape index (κ1) is 17.7. The van der Waals surface area contributed by atoms with E-state index in [9.17, 15) is 4.79 Å². The lowest BCUT2D eigenvalue weighted by molar-refractivity contribution is -0.119. The van der Waals surface area contributed by atoms with E-state index in [1.807, 2.05) is 4.68 Å². The third-order valence-electron chi connectivity index (χ3n) is 5.19. The third-order valence-corrected chi connectivity index (χ3v) is 6.12. The average Bonchev–Trinajstić information content (AvgIpc) is 3.05. The van der Waals surface area contributed by atoms with E-state index < -0.39 is 0 Å². The van der Waals surface area contributed by atoms with Gasteiger partial charge in [0.15, 0.2) is 0 Å². The predicted octanol–water partition coefficient (Wildman–Crippen LogP) is 3.50. The van der Waals surface area contributed by atoms with Gasteiger partial charge in [-0.15, -0.1) is 5.10 Å². The van der Waals surface area contributed by atoms with Gasteiger partial charge in [0, 0.05) is 6.04 Å². The lowest BCUT2D eigenvalue weighted by atomic mass is 9.96. The average molecular weight is 352 g/mol. The molecule has 24 heavy (non-hydrogen) atoms. The zero-order chi connectivity index (χ0) is 16.6. The fraction of sp³-hybridized carbons (Fsp3) is 0.882. The van der Waals surface area contributed by atoms with Crippen molar-refractivity contribution in [1.82, 2.24) is 25.5 Å². The van der Waals surface area contributed by atoms with Crippen molar-refractivity contribution >= 4 is 17.7 Å². The molecule has 1 aromatic rings. The standard InChI is InChI=1S/C17H29N5OS/c23-16(18-14-9-5-2-1-3-6-10-14)13-24-17-19-20-21-22(17)15-11-7-4-8-12-15/h14-15H,1-13H2,(H,18,23). The summed E-state index contributed by atoms with van der Waals surface area (Å²) in [6.07, 6.45) is 14.8. The molecular weight excluding hydrogens is 322 g/mol. The summed E-state index contributed by atoms with van der Waals surface area (Å²) >= 11 is 1.47.